The molecule has 0 aliphatic rings. The van der Waals surface area contributed by atoms with Crippen molar-refractivity contribution < 1.29 is 10.2 Å². The Kier molecular flexibility index (Phi) is 5.02. The molecule has 0 fully saturated rings. The van der Waals surface area contributed by atoms with Crippen LogP contribution in [0.25, 0.3) is 0 Å². The van der Waals surface area contributed by atoms with Gasteiger partial charge in [-0.05, 0) is 28.9 Å². The second kappa shape index (κ2) is 5.61. The second-order valence-electron chi connectivity index (χ2n) is 3.59. The van der Waals surface area contributed by atoms with Gasteiger partial charge in [0.25, 0.3) is 0 Å². The average molecular weight is 315 g/mol. The zero-order chi connectivity index (χ0) is 11.5. The minimum Gasteiger partial charge on any atom is -0.393 e. The van der Waals surface area contributed by atoms with Crippen LogP contribution in [0.3, 0.4) is 0 Å². The maximum Gasteiger partial charge on any atom is 0.107 e. The van der Waals surface area contributed by atoms with Gasteiger partial charge >= 0.3 is 0 Å². The predicted molar refractivity (Wildman–Crippen MR) is 66.4 cm³/mol. The minimum absolute atomic E-state index is 0.255. The van der Waals surface area contributed by atoms with Crippen LogP contribution in [-0.2, 0) is 6.54 Å². The van der Waals surface area contributed by atoms with Gasteiger partial charge in [-0.1, -0.05) is 11.6 Å². The fourth-order valence-electron chi connectivity index (χ4n) is 0.989. The van der Waals surface area contributed by atoms with Crippen LogP contribution >= 0.6 is 38.9 Å². The fraction of sp³-hybridized carbons (Fsp3) is 0.556. The van der Waals surface area contributed by atoms with Gasteiger partial charge in [0.2, 0.25) is 0 Å². The van der Waals surface area contributed by atoms with Crippen LogP contribution in [0.2, 0.25) is 4.34 Å². The van der Waals surface area contributed by atoms with Crippen LogP contribution in [0.15, 0.2) is 10.5 Å². The van der Waals surface area contributed by atoms with Crippen molar-refractivity contribution >= 4 is 38.9 Å². The summed E-state index contributed by atoms with van der Waals surface area (Å²) >= 11 is 10.7. The summed E-state index contributed by atoms with van der Waals surface area (Å²) in [5.41, 5.74) is -1.07. The summed E-state index contributed by atoms with van der Waals surface area (Å²) in [6, 6.07) is 1.94. The van der Waals surface area contributed by atoms with E-state index in [1.165, 1.54) is 11.3 Å². The van der Waals surface area contributed by atoms with Crippen LogP contribution < -0.4 is 5.32 Å². The Morgan fingerprint density at radius 3 is 2.80 bits per heavy atom. The monoisotopic (exact) mass is 313 g/mol. The first kappa shape index (κ1) is 13.4. The largest absolute Gasteiger partial charge is 0.393 e. The van der Waals surface area contributed by atoms with Gasteiger partial charge in [0, 0.05) is 22.4 Å². The van der Waals surface area contributed by atoms with Crippen molar-refractivity contribution in [3.05, 3.63) is 19.8 Å². The molecule has 0 aromatic carbocycles. The standard InChI is InChI=1S/C9H13BrClNO2S/c1-9(14,5-13)4-12-3-6-2-7(10)8(11)15-6/h2,12-14H,3-5H2,1H3. The summed E-state index contributed by atoms with van der Waals surface area (Å²) < 4.78 is 1.61. The van der Waals surface area contributed by atoms with Gasteiger partial charge in [0.15, 0.2) is 0 Å². The van der Waals surface area contributed by atoms with E-state index in [0.29, 0.717) is 13.1 Å². The molecule has 6 heteroatoms. The summed E-state index contributed by atoms with van der Waals surface area (Å²) in [7, 11) is 0. The number of rotatable bonds is 5. The third-order valence-electron chi connectivity index (χ3n) is 1.84. The Morgan fingerprint density at radius 1 is 1.67 bits per heavy atom. The third-order valence-corrected chi connectivity index (χ3v) is 4.32. The lowest BCUT2D eigenvalue weighted by atomic mass is 10.1. The zero-order valence-electron chi connectivity index (χ0n) is 8.26. The maximum atomic E-state index is 9.52. The van der Waals surface area contributed by atoms with E-state index < -0.39 is 5.60 Å². The van der Waals surface area contributed by atoms with Gasteiger partial charge in [-0.2, -0.15) is 0 Å². The zero-order valence-corrected chi connectivity index (χ0v) is 11.4. The molecule has 0 amide bonds. The van der Waals surface area contributed by atoms with E-state index >= 15 is 0 Å². The van der Waals surface area contributed by atoms with E-state index in [0.717, 1.165) is 13.7 Å². The van der Waals surface area contributed by atoms with Crippen LogP contribution in [0.4, 0.5) is 0 Å². The molecule has 0 bridgehead atoms. The fourth-order valence-corrected chi connectivity index (χ4v) is 2.75. The Hall–Kier alpha value is 0.350. The number of thiophene rings is 1. The molecule has 1 heterocycles. The molecular weight excluding hydrogens is 302 g/mol. The highest BCUT2D eigenvalue weighted by atomic mass is 79.9. The van der Waals surface area contributed by atoms with Crippen molar-refractivity contribution in [2.45, 2.75) is 19.1 Å². The molecule has 1 aromatic rings. The van der Waals surface area contributed by atoms with E-state index in [1.54, 1.807) is 6.92 Å². The smallest absolute Gasteiger partial charge is 0.107 e. The van der Waals surface area contributed by atoms with E-state index in [4.69, 9.17) is 16.7 Å². The molecule has 1 unspecified atom stereocenters. The van der Waals surface area contributed by atoms with Crippen molar-refractivity contribution in [2.24, 2.45) is 0 Å². The SMILES string of the molecule is CC(O)(CO)CNCc1cc(Br)c(Cl)s1. The number of hydrogen-bond acceptors (Lipinski definition) is 4. The second-order valence-corrected chi connectivity index (χ2v) is 6.19. The first-order chi connectivity index (χ1) is 6.94. The minimum atomic E-state index is -1.07. The molecule has 3 N–H and O–H groups in total. The number of hydrogen-bond donors (Lipinski definition) is 3. The van der Waals surface area contributed by atoms with Gasteiger partial charge in [-0.3, -0.25) is 0 Å². The van der Waals surface area contributed by atoms with Crippen molar-refractivity contribution in [2.75, 3.05) is 13.2 Å². The summed E-state index contributed by atoms with van der Waals surface area (Å²) in [6.45, 7) is 2.30. The average Bonchev–Trinajstić information content (AvgIpc) is 2.46. The first-order valence-corrected chi connectivity index (χ1v) is 6.41. The highest BCUT2D eigenvalue weighted by molar-refractivity contribution is 9.10. The van der Waals surface area contributed by atoms with Crippen LogP contribution in [-0.4, -0.2) is 29.0 Å². The highest BCUT2D eigenvalue weighted by Crippen LogP contribution is 2.31. The molecule has 0 aliphatic carbocycles. The highest BCUT2D eigenvalue weighted by Gasteiger charge is 2.18. The van der Waals surface area contributed by atoms with E-state index in [-0.39, 0.29) is 6.61 Å². The quantitative estimate of drug-likeness (QED) is 0.779. The van der Waals surface area contributed by atoms with Crippen molar-refractivity contribution in [3.8, 4) is 0 Å². The Balaban J connectivity index is 2.38. The van der Waals surface area contributed by atoms with E-state index in [9.17, 15) is 5.11 Å². The number of aliphatic hydroxyl groups is 2. The number of aliphatic hydroxyl groups excluding tert-OH is 1. The predicted octanol–water partition coefficient (Wildman–Crippen LogP) is 2.00. The normalized spacial score (nSPS) is 15.3. The molecule has 0 aliphatic heterocycles. The van der Waals surface area contributed by atoms with Gasteiger partial charge in [-0.25, -0.2) is 0 Å². The van der Waals surface area contributed by atoms with Gasteiger partial charge in [0.1, 0.15) is 4.34 Å². The first-order valence-electron chi connectivity index (χ1n) is 4.42. The topological polar surface area (TPSA) is 52.5 Å². The lowest BCUT2D eigenvalue weighted by Gasteiger charge is -2.20. The summed E-state index contributed by atoms with van der Waals surface area (Å²) in [5, 5.41) is 21.4. The molecule has 0 saturated heterocycles. The van der Waals surface area contributed by atoms with Gasteiger partial charge in [-0.15, -0.1) is 11.3 Å². The molecule has 1 rings (SSSR count). The molecule has 0 saturated carbocycles. The van der Waals surface area contributed by atoms with Gasteiger partial charge in [0.05, 0.1) is 12.2 Å². The lowest BCUT2D eigenvalue weighted by molar-refractivity contribution is 0.00258. The van der Waals surface area contributed by atoms with Crippen LogP contribution in [0.1, 0.15) is 11.8 Å². The van der Waals surface area contributed by atoms with E-state index in [1.807, 2.05) is 6.07 Å². The molecule has 0 radical (unpaired) electrons. The Bertz CT molecular complexity index is 310. The van der Waals surface area contributed by atoms with E-state index in [2.05, 4.69) is 21.2 Å². The Morgan fingerprint density at radius 2 is 2.33 bits per heavy atom. The molecule has 0 spiro atoms. The van der Waals surface area contributed by atoms with Crippen molar-refractivity contribution in [3.63, 3.8) is 0 Å². The maximum absolute atomic E-state index is 9.52. The molecule has 1 aromatic heterocycles. The molecule has 3 nitrogen and oxygen atoms in total. The molecule has 1 atom stereocenters. The Labute approximate surface area is 106 Å². The summed E-state index contributed by atoms with van der Waals surface area (Å²) in [6.07, 6.45) is 0. The molecular formula is C9H13BrClNO2S. The lowest BCUT2D eigenvalue weighted by Crippen LogP contribution is -2.40. The van der Waals surface area contributed by atoms with Crippen molar-refractivity contribution in [1.29, 1.82) is 0 Å². The summed E-state index contributed by atoms with van der Waals surface area (Å²) in [4.78, 5) is 1.08. The third kappa shape index (κ3) is 4.38. The van der Waals surface area contributed by atoms with Crippen LogP contribution in [0.5, 0.6) is 0 Å². The molecule has 86 valence electrons. The number of nitrogens with one attached hydrogen (secondary N) is 1. The van der Waals surface area contributed by atoms with Crippen LogP contribution in [0, 0.1) is 0 Å². The van der Waals surface area contributed by atoms with Gasteiger partial charge < -0.3 is 15.5 Å². The molecule has 15 heavy (non-hydrogen) atoms. The summed E-state index contributed by atoms with van der Waals surface area (Å²) in [5.74, 6) is 0. The van der Waals surface area contributed by atoms with Crippen molar-refractivity contribution in [1.82, 2.24) is 5.32 Å². The number of halogens is 2.